The minimum absolute atomic E-state index is 0.0778. The second-order valence-corrected chi connectivity index (χ2v) is 3.82. The predicted octanol–water partition coefficient (Wildman–Crippen LogP) is 2.58. The fourth-order valence-corrected chi connectivity index (χ4v) is 1.78. The molecule has 2 aromatic rings. The van der Waals surface area contributed by atoms with E-state index in [0.717, 1.165) is 6.07 Å². The van der Waals surface area contributed by atoms with Gasteiger partial charge in [-0.05, 0) is 18.2 Å². The number of hydrogen-bond acceptors (Lipinski definition) is 3. The molecule has 0 spiro atoms. The summed E-state index contributed by atoms with van der Waals surface area (Å²) in [6.07, 6.45) is 0. The minimum Gasteiger partial charge on any atom is -0.493 e. The average molecular weight is 271 g/mol. The Morgan fingerprint density at radius 2 is 2.28 bits per heavy atom. The summed E-state index contributed by atoms with van der Waals surface area (Å²) in [6.45, 7) is 0. The van der Waals surface area contributed by atoms with Gasteiger partial charge in [-0.3, -0.25) is 5.10 Å². The van der Waals surface area contributed by atoms with E-state index in [4.69, 9.17) is 21.4 Å². The van der Waals surface area contributed by atoms with Gasteiger partial charge in [-0.25, -0.2) is 9.18 Å². The highest BCUT2D eigenvalue weighted by atomic mass is 35.5. The molecule has 1 heterocycles. The third kappa shape index (κ3) is 2.02. The summed E-state index contributed by atoms with van der Waals surface area (Å²) in [5.41, 5.74) is 0.295. The lowest BCUT2D eigenvalue weighted by molar-refractivity contribution is 0.0690. The molecule has 0 aliphatic carbocycles. The van der Waals surface area contributed by atoms with Crippen molar-refractivity contribution in [1.29, 1.82) is 0 Å². The summed E-state index contributed by atoms with van der Waals surface area (Å²) in [6, 6.07) is 3.77. The SMILES string of the molecule is COc1c(F)ccc(Cl)c1-c1cc(C(=O)O)[nH]n1. The van der Waals surface area contributed by atoms with Crippen LogP contribution in [0.25, 0.3) is 11.3 Å². The maximum atomic E-state index is 13.5. The molecule has 18 heavy (non-hydrogen) atoms. The first kappa shape index (κ1) is 12.4. The highest BCUT2D eigenvalue weighted by molar-refractivity contribution is 6.33. The Kier molecular flexibility index (Phi) is 3.20. The Morgan fingerprint density at radius 1 is 1.56 bits per heavy atom. The quantitative estimate of drug-likeness (QED) is 0.899. The van der Waals surface area contributed by atoms with Crippen molar-refractivity contribution in [3.8, 4) is 17.0 Å². The Bertz CT molecular complexity index is 612. The third-order valence-corrected chi connectivity index (χ3v) is 2.64. The Morgan fingerprint density at radius 3 is 2.83 bits per heavy atom. The number of carboxylic acids is 1. The lowest BCUT2D eigenvalue weighted by Gasteiger charge is -2.08. The Labute approximate surface area is 106 Å². The number of carboxylic acid groups (broad SMARTS) is 1. The van der Waals surface area contributed by atoms with Gasteiger partial charge in [0.05, 0.1) is 23.4 Å². The molecule has 0 fully saturated rings. The van der Waals surface area contributed by atoms with Gasteiger partial charge in [0.25, 0.3) is 0 Å². The molecule has 0 unspecified atom stereocenters. The molecule has 5 nitrogen and oxygen atoms in total. The fourth-order valence-electron chi connectivity index (χ4n) is 1.53. The van der Waals surface area contributed by atoms with Gasteiger partial charge in [-0.1, -0.05) is 11.6 Å². The van der Waals surface area contributed by atoms with Gasteiger partial charge in [-0.15, -0.1) is 0 Å². The van der Waals surface area contributed by atoms with Crippen molar-refractivity contribution in [3.05, 3.63) is 34.7 Å². The van der Waals surface area contributed by atoms with E-state index in [-0.39, 0.29) is 27.7 Å². The van der Waals surface area contributed by atoms with Crippen LogP contribution in [-0.2, 0) is 0 Å². The molecule has 2 rings (SSSR count). The molecule has 0 atom stereocenters. The first-order valence-electron chi connectivity index (χ1n) is 4.85. The van der Waals surface area contributed by atoms with Gasteiger partial charge in [0.2, 0.25) is 0 Å². The van der Waals surface area contributed by atoms with Crippen molar-refractivity contribution in [3.63, 3.8) is 0 Å². The molecular weight excluding hydrogens is 263 g/mol. The first-order valence-corrected chi connectivity index (χ1v) is 5.23. The van der Waals surface area contributed by atoms with E-state index in [1.807, 2.05) is 0 Å². The van der Waals surface area contributed by atoms with E-state index in [2.05, 4.69) is 10.2 Å². The fraction of sp³-hybridized carbons (Fsp3) is 0.0909. The molecule has 7 heteroatoms. The second-order valence-electron chi connectivity index (χ2n) is 3.41. The number of ether oxygens (including phenoxy) is 1. The van der Waals surface area contributed by atoms with Crippen LogP contribution < -0.4 is 4.74 Å². The summed E-state index contributed by atoms with van der Waals surface area (Å²) in [7, 11) is 1.29. The van der Waals surface area contributed by atoms with Crippen LogP contribution in [-0.4, -0.2) is 28.4 Å². The van der Waals surface area contributed by atoms with Crippen LogP contribution in [0, 0.1) is 5.82 Å². The standard InChI is InChI=1S/C11H8ClFN2O3/c1-18-10-6(13)3-2-5(12)9(10)7-4-8(11(16)17)15-14-7/h2-4H,1H3,(H,14,15)(H,16,17). The largest absolute Gasteiger partial charge is 0.493 e. The molecule has 0 amide bonds. The molecule has 0 aliphatic rings. The monoisotopic (exact) mass is 270 g/mol. The number of nitrogens with zero attached hydrogens (tertiary/aromatic N) is 1. The summed E-state index contributed by atoms with van der Waals surface area (Å²) >= 11 is 5.96. The molecule has 0 bridgehead atoms. The lowest BCUT2D eigenvalue weighted by atomic mass is 10.1. The number of aromatic nitrogens is 2. The van der Waals surface area contributed by atoms with E-state index in [9.17, 15) is 9.18 Å². The van der Waals surface area contributed by atoms with Gasteiger partial charge < -0.3 is 9.84 Å². The van der Waals surface area contributed by atoms with Crippen molar-refractivity contribution < 1.29 is 19.0 Å². The van der Waals surface area contributed by atoms with Crippen molar-refractivity contribution >= 4 is 17.6 Å². The van der Waals surface area contributed by atoms with E-state index < -0.39 is 11.8 Å². The maximum Gasteiger partial charge on any atom is 0.353 e. The van der Waals surface area contributed by atoms with E-state index in [1.54, 1.807) is 0 Å². The zero-order valence-corrected chi connectivity index (χ0v) is 9.95. The predicted molar refractivity (Wildman–Crippen MR) is 62.5 cm³/mol. The number of halogens is 2. The number of rotatable bonds is 3. The van der Waals surface area contributed by atoms with Crippen LogP contribution in [0.4, 0.5) is 4.39 Å². The lowest BCUT2D eigenvalue weighted by Crippen LogP contribution is -1.95. The smallest absolute Gasteiger partial charge is 0.353 e. The van der Waals surface area contributed by atoms with Gasteiger partial charge in [0.1, 0.15) is 5.69 Å². The zero-order chi connectivity index (χ0) is 13.3. The molecule has 0 aliphatic heterocycles. The molecular formula is C11H8ClFN2O3. The number of aromatic amines is 1. The van der Waals surface area contributed by atoms with Crippen molar-refractivity contribution in [1.82, 2.24) is 10.2 Å². The van der Waals surface area contributed by atoms with Crippen LogP contribution in [0.2, 0.25) is 5.02 Å². The van der Waals surface area contributed by atoms with E-state index >= 15 is 0 Å². The average Bonchev–Trinajstić information content (AvgIpc) is 2.81. The number of nitrogens with one attached hydrogen (secondary N) is 1. The summed E-state index contributed by atoms with van der Waals surface area (Å²) in [5, 5.41) is 15.1. The minimum atomic E-state index is -1.17. The number of aromatic carboxylic acids is 1. The molecule has 94 valence electrons. The Hall–Kier alpha value is -2.08. The van der Waals surface area contributed by atoms with Crippen LogP contribution in [0.15, 0.2) is 18.2 Å². The van der Waals surface area contributed by atoms with Gasteiger partial charge in [0, 0.05) is 0 Å². The third-order valence-electron chi connectivity index (χ3n) is 2.33. The highest BCUT2D eigenvalue weighted by Gasteiger charge is 2.19. The van der Waals surface area contributed by atoms with Crippen LogP contribution in [0.1, 0.15) is 10.5 Å². The van der Waals surface area contributed by atoms with E-state index in [1.165, 1.54) is 19.2 Å². The van der Waals surface area contributed by atoms with E-state index in [0.29, 0.717) is 0 Å². The number of methoxy groups -OCH3 is 1. The summed E-state index contributed by atoms with van der Waals surface area (Å²) < 4.78 is 18.5. The van der Waals surface area contributed by atoms with Crippen LogP contribution in [0.3, 0.4) is 0 Å². The molecule has 0 saturated heterocycles. The van der Waals surface area contributed by atoms with Crippen LogP contribution >= 0.6 is 11.6 Å². The number of H-pyrrole nitrogens is 1. The van der Waals surface area contributed by atoms with Gasteiger partial charge in [0.15, 0.2) is 11.6 Å². The molecule has 1 aromatic heterocycles. The summed E-state index contributed by atoms with van der Waals surface area (Å²) in [5.74, 6) is -1.84. The number of carbonyl (C=O) groups is 1. The number of hydrogen-bond donors (Lipinski definition) is 2. The van der Waals surface area contributed by atoms with Crippen molar-refractivity contribution in [2.24, 2.45) is 0 Å². The van der Waals surface area contributed by atoms with Crippen LogP contribution in [0.5, 0.6) is 5.75 Å². The van der Waals surface area contributed by atoms with Crippen molar-refractivity contribution in [2.45, 2.75) is 0 Å². The maximum absolute atomic E-state index is 13.5. The van der Waals surface area contributed by atoms with Crippen molar-refractivity contribution in [2.75, 3.05) is 7.11 Å². The van der Waals surface area contributed by atoms with Gasteiger partial charge >= 0.3 is 5.97 Å². The number of benzene rings is 1. The second kappa shape index (κ2) is 4.66. The zero-order valence-electron chi connectivity index (χ0n) is 9.20. The molecule has 0 saturated carbocycles. The highest BCUT2D eigenvalue weighted by Crippen LogP contribution is 2.37. The summed E-state index contributed by atoms with van der Waals surface area (Å²) in [4.78, 5) is 10.7. The van der Waals surface area contributed by atoms with Gasteiger partial charge in [-0.2, -0.15) is 5.10 Å². The molecule has 0 radical (unpaired) electrons. The Balaban J connectivity index is 2.62. The molecule has 2 N–H and O–H groups in total. The first-order chi connectivity index (χ1) is 8.54. The normalized spacial score (nSPS) is 10.4. The topological polar surface area (TPSA) is 75.2 Å². The molecule has 1 aromatic carbocycles.